The number of benzene rings is 1. The lowest BCUT2D eigenvalue weighted by Crippen LogP contribution is -2.01. The van der Waals surface area contributed by atoms with Gasteiger partial charge in [0, 0.05) is 18.3 Å². The summed E-state index contributed by atoms with van der Waals surface area (Å²) in [7, 11) is 0. The maximum absolute atomic E-state index is 13.5. The molecule has 1 N–H and O–H groups in total. The molecule has 6 heteroatoms. The van der Waals surface area contributed by atoms with Gasteiger partial charge >= 0.3 is 0 Å². The van der Waals surface area contributed by atoms with Crippen molar-refractivity contribution in [1.29, 1.82) is 0 Å². The summed E-state index contributed by atoms with van der Waals surface area (Å²) in [5.41, 5.74) is 5.19. The molecule has 3 nitrogen and oxygen atoms in total. The van der Waals surface area contributed by atoms with E-state index in [2.05, 4.69) is 9.97 Å². The molecule has 0 amide bonds. The van der Waals surface area contributed by atoms with E-state index in [1.54, 1.807) is 18.3 Å². The van der Waals surface area contributed by atoms with Crippen LogP contribution >= 0.6 is 23.6 Å². The van der Waals surface area contributed by atoms with Gasteiger partial charge in [-0.2, -0.15) is 0 Å². The molecule has 0 bridgehead atoms. The highest BCUT2D eigenvalue weighted by Gasteiger charge is 2.08. The molecule has 0 spiro atoms. The summed E-state index contributed by atoms with van der Waals surface area (Å²) >= 11 is 6.89. The van der Waals surface area contributed by atoms with Crippen LogP contribution in [0.4, 0.5) is 4.39 Å². The molecule has 0 aliphatic carbocycles. The van der Waals surface area contributed by atoms with Gasteiger partial charge in [-0.3, -0.25) is 0 Å². The first-order valence-electron chi connectivity index (χ1n) is 5.91. The topological polar surface area (TPSA) is 33.6 Å². The summed E-state index contributed by atoms with van der Waals surface area (Å²) in [4.78, 5) is 7.30. The maximum atomic E-state index is 13.5. The van der Waals surface area contributed by atoms with Crippen molar-refractivity contribution in [3.63, 3.8) is 0 Å². The van der Waals surface area contributed by atoms with Crippen molar-refractivity contribution in [2.45, 2.75) is 19.9 Å². The van der Waals surface area contributed by atoms with E-state index in [4.69, 9.17) is 12.2 Å². The Morgan fingerprint density at radius 1 is 1.47 bits per heavy atom. The zero-order valence-corrected chi connectivity index (χ0v) is 11.9. The molecule has 2 aromatic heterocycles. The Hall–Kier alpha value is -1.53. The van der Waals surface area contributed by atoms with Crippen molar-refractivity contribution >= 4 is 34.6 Å². The molecule has 3 aromatic rings. The minimum Gasteiger partial charge on any atom is -0.330 e. The van der Waals surface area contributed by atoms with E-state index in [0.717, 1.165) is 29.7 Å². The molecule has 0 unspecified atom stereocenters. The fourth-order valence-corrected chi connectivity index (χ4v) is 2.98. The fraction of sp³-hybridized carbons (Fsp3) is 0.231. The van der Waals surface area contributed by atoms with Crippen LogP contribution < -0.4 is 0 Å². The minimum atomic E-state index is -0.213. The highest BCUT2D eigenvalue weighted by molar-refractivity contribution is 7.71. The molecule has 0 aliphatic heterocycles. The number of fused-ring (bicyclic) bond motifs is 1. The molecule has 19 heavy (non-hydrogen) atoms. The van der Waals surface area contributed by atoms with Crippen molar-refractivity contribution in [3.8, 4) is 0 Å². The minimum absolute atomic E-state index is 0.213. The first kappa shape index (κ1) is 12.5. The van der Waals surface area contributed by atoms with Gasteiger partial charge in [-0.15, -0.1) is 11.3 Å². The third-order valence-electron chi connectivity index (χ3n) is 3.13. The van der Waals surface area contributed by atoms with E-state index in [1.165, 1.54) is 6.07 Å². The molecule has 0 aliphatic rings. The van der Waals surface area contributed by atoms with E-state index in [1.807, 2.05) is 21.5 Å². The third kappa shape index (κ3) is 2.33. The van der Waals surface area contributed by atoms with E-state index in [-0.39, 0.29) is 5.82 Å². The molecule has 0 fully saturated rings. The number of aromatic amines is 1. The van der Waals surface area contributed by atoms with Crippen molar-refractivity contribution in [3.05, 3.63) is 44.9 Å². The molecular formula is C13H12FN3S2. The number of nitrogens with zero attached hydrogens (tertiary/aromatic N) is 2. The summed E-state index contributed by atoms with van der Waals surface area (Å²) in [6.07, 6.45) is 0.821. The van der Waals surface area contributed by atoms with E-state index < -0.39 is 0 Å². The fourth-order valence-electron chi connectivity index (χ4n) is 2.09. The number of aryl methyl sites for hydroxylation is 3. The Bertz CT molecular complexity index is 771. The lowest BCUT2D eigenvalue weighted by Gasteiger charge is -2.04. The number of halogens is 1. The normalized spacial score (nSPS) is 11.3. The Balaban J connectivity index is 2.00. The number of nitrogens with one attached hydrogen (secondary N) is 1. The molecule has 1 aromatic carbocycles. The predicted octanol–water partition coefficient (Wildman–Crippen LogP) is 3.85. The van der Waals surface area contributed by atoms with E-state index >= 15 is 0 Å². The van der Waals surface area contributed by atoms with Crippen LogP contribution in [0.2, 0.25) is 0 Å². The second-order valence-corrected chi connectivity index (χ2v) is 5.54. The van der Waals surface area contributed by atoms with Gasteiger partial charge in [-0.25, -0.2) is 9.37 Å². The molecule has 3 rings (SSSR count). The van der Waals surface area contributed by atoms with Gasteiger partial charge in [0.1, 0.15) is 5.82 Å². The van der Waals surface area contributed by atoms with Gasteiger partial charge < -0.3 is 9.55 Å². The lowest BCUT2D eigenvalue weighted by atomic mass is 10.2. The zero-order valence-electron chi connectivity index (χ0n) is 10.3. The van der Waals surface area contributed by atoms with Crippen LogP contribution in [0.25, 0.3) is 11.0 Å². The summed E-state index contributed by atoms with van der Waals surface area (Å²) in [5, 5.41) is 2.03. The molecular weight excluding hydrogens is 281 g/mol. The molecule has 2 heterocycles. The van der Waals surface area contributed by atoms with Gasteiger partial charge in [-0.1, -0.05) is 0 Å². The zero-order chi connectivity index (χ0) is 13.4. The number of thiazole rings is 1. The van der Waals surface area contributed by atoms with Crippen LogP contribution in [-0.4, -0.2) is 14.5 Å². The van der Waals surface area contributed by atoms with Gasteiger partial charge in [0.15, 0.2) is 4.77 Å². The average molecular weight is 293 g/mol. The molecule has 0 saturated carbocycles. The quantitative estimate of drug-likeness (QED) is 0.744. The Morgan fingerprint density at radius 2 is 2.32 bits per heavy atom. The number of H-pyrrole nitrogens is 1. The number of rotatable bonds is 3. The first-order valence-corrected chi connectivity index (χ1v) is 7.26. The highest BCUT2D eigenvalue weighted by Crippen LogP contribution is 2.19. The summed E-state index contributed by atoms with van der Waals surface area (Å²) < 4.78 is 16.1. The van der Waals surface area contributed by atoms with Crippen molar-refractivity contribution in [1.82, 2.24) is 14.5 Å². The standard InChI is InChI=1S/C13H12FN3S2/c1-8-4-12-11(5-10(8)14)16-13(18)17(12)3-2-9-6-19-7-15-9/h4-7H,2-3H2,1H3,(H,16,18). The predicted molar refractivity (Wildman–Crippen MR) is 77.6 cm³/mol. The van der Waals surface area contributed by atoms with Crippen LogP contribution in [0.5, 0.6) is 0 Å². The molecule has 98 valence electrons. The number of hydrogen-bond acceptors (Lipinski definition) is 3. The van der Waals surface area contributed by atoms with E-state index in [0.29, 0.717) is 10.3 Å². The third-order valence-corrected chi connectivity index (χ3v) is 4.09. The van der Waals surface area contributed by atoms with Gasteiger partial charge in [0.2, 0.25) is 0 Å². The first-order chi connectivity index (χ1) is 9.15. The highest BCUT2D eigenvalue weighted by atomic mass is 32.1. The molecule has 0 saturated heterocycles. The number of aromatic nitrogens is 3. The second-order valence-electron chi connectivity index (χ2n) is 4.43. The molecule has 0 atom stereocenters. The van der Waals surface area contributed by atoms with Gasteiger partial charge in [0.25, 0.3) is 0 Å². The Kier molecular flexibility index (Phi) is 3.20. The molecule has 0 radical (unpaired) electrons. The van der Waals surface area contributed by atoms with Crippen molar-refractivity contribution < 1.29 is 4.39 Å². The number of imidazole rings is 1. The SMILES string of the molecule is Cc1cc2c(cc1F)[nH]c(=S)n2CCc1cscn1. The Morgan fingerprint density at radius 3 is 3.05 bits per heavy atom. The van der Waals surface area contributed by atoms with Crippen LogP contribution in [0.3, 0.4) is 0 Å². The summed E-state index contributed by atoms with van der Waals surface area (Å²) in [6, 6.07) is 3.33. The van der Waals surface area contributed by atoms with Crippen molar-refractivity contribution in [2.75, 3.05) is 0 Å². The number of hydrogen-bond donors (Lipinski definition) is 1. The van der Waals surface area contributed by atoms with Crippen molar-refractivity contribution in [2.24, 2.45) is 0 Å². The summed E-state index contributed by atoms with van der Waals surface area (Å²) in [6.45, 7) is 2.50. The van der Waals surface area contributed by atoms with Crippen LogP contribution in [0, 0.1) is 17.5 Å². The van der Waals surface area contributed by atoms with Gasteiger partial charge in [0.05, 0.1) is 22.2 Å². The summed E-state index contributed by atoms with van der Waals surface area (Å²) in [5.74, 6) is -0.213. The maximum Gasteiger partial charge on any atom is 0.178 e. The van der Waals surface area contributed by atoms with Crippen LogP contribution in [0.1, 0.15) is 11.3 Å². The van der Waals surface area contributed by atoms with Gasteiger partial charge in [-0.05, 0) is 36.8 Å². The second kappa shape index (κ2) is 4.86. The van der Waals surface area contributed by atoms with E-state index in [9.17, 15) is 4.39 Å². The average Bonchev–Trinajstić information content (AvgIpc) is 2.96. The largest absolute Gasteiger partial charge is 0.330 e. The van der Waals surface area contributed by atoms with Crippen LogP contribution in [-0.2, 0) is 13.0 Å². The van der Waals surface area contributed by atoms with Crippen LogP contribution in [0.15, 0.2) is 23.0 Å². The Labute approximate surface area is 118 Å². The smallest absolute Gasteiger partial charge is 0.178 e. The monoisotopic (exact) mass is 293 g/mol. The lowest BCUT2D eigenvalue weighted by molar-refractivity contribution is 0.620.